The van der Waals surface area contributed by atoms with Crippen LogP contribution in [0.15, 0.2) is 22.4 Å². The molecule has 0 atom stereocenters. The first-order valence-electron chi connectivity index (χ1n) is 4.05. The summed E-state index contributed by atoms with van der Waals surface area (Å²) in [5, 5.41) is 3.96. The summed E-state index contributed by atoms with van der Waals surface area (Å²) in [6, 6.07) is 4.02. The lowest BCUT2D eigenvalue weighted by Gasteiger charge is -2.07. The SMILES string of the molecule is COc1cc(SC)c(Cl)c2sccc12. The first kappa shape index (κ1) is 10.1. The number of benzene rings is 1. The van der Waals surface area contributed by atoms with Gasteiger partial charge in [-0.05, 0) is 23.8 Å². The Morgan fingerprint density at radius 1 is 1.50 bits per heavy atom. The summed E-state index contributed by atoms with van der Waals surface area (Å²) in [5.74, 6) is 0.898. The maximum atomic E-state index is 6.25. The number of hydrogen-bond donors (Lipinski definition) is 0. The zero-order valence-electron chi connectivity index (χ0n) is 7.83. The van der Waals surface area contributed by atoms with E-state index in [-0.39, 0.29) is 0 Å². The summed E-state index contributed by atoms with van der Waals surface area (Å²) in [6.07, 6.45) is 2.01. The van der Waals surface area contributed by atoms with Crippen molar-refractivity contribution in [1.82, 2.24) is 0 Å². The topological polar surface area (TPSA) is 9.23 Å². The molecule has 0 fully saturated rings. The number of ether oxygens (including phenoxy) is 1. The molecule has 74 valence electrons. The van der Waals surface area contributed by atoms with Crippen LogP contribution in [-0.4, -0.2) is 13.4 Å². The molecule has 0 saturated heterocycles. The van der Waals surface area contributed by atoms with E-state index in [9.17, 15) is 0 Å². The summed E-state index contributed by atoms with van der Waals surface area (Å²) in [6.45, 7) is 0. The van der Waals surface area contributed by atoms with Crippen LogP contribution < -0.4 is 4.74 Å². The molecule has 1 aromatic carbocycles. The smallest absolute Gasteiger partial charge is 0.128 e. The van der Waals surface area contributed by atoms with Crippen molar-refractivity contribution in [2.24, 2.45) is 0 Å². The second-order valence-corrected chi connectivity index (χ2v) is 4.90. The van der Waals surface area contributed by atoms with Crippen molar-refractivity contribution >= 4 is 44.8 Å². The lowest BCUT2D eigenvalue weighted by Crippen LogP contribution is -1.84. The van der Waals surface area contributed by atoms with Gasteiger partial charge in [0.1, 0.15) is 5.75 Å². The van der Waals surface area contributed by atoms with Gasteiger partial charge < -0.3 is 4.74 Å². The molecule has 0 spiro atoms. The lowest BCUT2D eigenvalue weighted by atomic mass is 10.2. The van der Waals surface area contributed by atoms with Gasteiger partial charge in [-0.15, -0.1) is 23.1 Å². The quantitative estimate of drug-likeness (QED) is 0.729. The molecule has 14 heavy (non-hydrogen) atoms. The van der Waals surface area contributed by atoms with E-state index in [2.05, 4.69) is 0 Å². The summed E-state index contributed by atoms with van der Waals surface area (Å²) in [5.41, 5.74) is 0. The van der Waals surface area contributed by atoms with Gasteiger partial charge in [-0.2, -0.15) is 0 Å². The van der Waals surface area contributed by atoms with Gasteiger partial charge >= 0.3 is 0 Å². The predicted molar refractivity (Wildman–Crippen MR) is 65.2 cm³/mol. The van der Waals surface area contributed by atoms with Crippen molar-refractivity contribution in [2.45, 2.75) is 4.90 Å². The van der Waals surface area contributed by atoms with Crippen LogP contribution in [0.5, 0.6) is 5.75 Å². The number of thiophene rings is 1. The highest BCUT2D eigenvalue weighted by atomic mass is 35.5. The monoisotopic (exact) mass is 244 g/mol. The average molecular weight is 245 g/mol. The highest BCUT2D eigenvalue weighted by Gasteiger charge is 2.11. The molecule has 0 bridgehead atoms. The van der Waals surface area contributed by atoms with Crippen molar-refractivity contribution in [3.63, 3.8) is 0 Å². The second kappa shape index (κ2) is 4.01. The third kappa shape index (κ3) is 1.49. The zero-order chi connectivity index (χ0) is 10.1. The Morgan fingerprint density at radius 2 is 2.29 bits per heavy atom. The standard InChI is InChI=1S/C10H9ClOS2/c1-12-7-5-8(13-2)9(11)10-6(7)3-4-14-10/h3-5H,1-2H3. The van der Waals surface area contributed by atoms with E-state index in [1.165, 1.54) is 0 Å². The largest absolute Gasteiger partial charge is 0.496 e. The molecule has 0 aliphatic carbocycles. The first-order chi connectivity index (χ1) is 6.77. The van der Waals surface area contributed by atoms with Gasteiger partial charge in [-0.3, -0.25) is 0 Å². The Hall–Kier alpha value is -0.380. The Labute approximate surface area is 96.0 Å². The number of halogens is 1. The molecular weight excluding hydrogens is 236 g/mol. The van der Waals surface area contributed by atoms with Gasteiger partial charge in [0.05, 0.1) is 16.8 Å². The fourth-order valence-electron chi connectivity index (χ4n) is 1.36. The number of fused-ring (bicyclic) bond motifs is 1. The number of thioether (sulfide) groups is 1. The molecule has 1 heterocycles. The molecule has 0 unspecified atom stereocenters. The van der Waals surface area contributed by atoms with E-state index < -0.39 is 0 Å². The van der Waals surface area contributed by atoms with Gasteiger partial charge in [0.25, 0.3) is 0 Å². The molecule has 0 saturated carbocycles. The molecule has 0 amide bonds. The highest BCUT2D eigenvalue weighted by Crippen LogP contribution is 2.41. The van der Waals surface area contributed by atoms with Crippen molar-refractivity contribution in [1.29, 1.82) is 0 Å². The van der Waals surface area contributed by atoms with Gasteiger partial charge in [-0.25, -0.2) is 0 Å². The van der Waals surface area contributed by atoms with E-state index in [0.717, 1.165) is 25.8 Å². The van der Waals surface area contributed by atoms with Crippen LogP contribution in [0.2, 0.25) is 5.02 Å². The average Bonchev–Trinajstić information content (AvgIpc) is 2.68. The van der Waals surface area contributed by atoms with Crippen LogP contribution >= 0.6 is 34.7 Å². The van der Waals surface area contributed by atoms with Gasteiger partial charge in [0.15, 0.2) is 0 Å². The van der Waals surface area contributed by atoms with Crippen molar-refractivity contribution in [3.8, 4) is 5.75 Å². The van der Waals surface area contributed by atoms with Gasteiger partial charge in [0.2, 0.25) is 0 Å². The van der Waals surface area contributed by atoms with E-state index in [1.807, 2.05) is 23.8 Å². The van der Waals surface area contributed by atoms with Crippen LogP contribution in [0.25, 0.3) is 10.1 Å². The summed E-state index contributed by atoms with van der Waals surface area (Å²) >= 11 is 9.53. The molecule has 0 radical (unpaired) electrons. The number of rotatable bonds is 2. The normalized spacial score (nSPS) is 10.8. The molecule has 1 aromatic heterocycles. The third-order valence-corrected chi connectivity index (χ3v) is 4.36. The van der Waals surface area contributed by atoms with E-state index >= 15 is 0 Å². The predicted octanol–water partition coefficient (Wildman–Crippen LogP) is 4.29. The molecule has 0 aliphatic heterocycles. The summed E-state index contributed by atoms with van der Waals surface area (Å²) in [7, 11) is 1.68. The van der Waals surface area contributed by atoms with Crippen LogP contribution in [0.3, 0.4) is 0 Å². The van der Waals surface area contributed by atoms with E-state index in [0.29, 0.717) is 0 Å². The maximum absolute atomic E-state index is 6.25. The van der Waals surface area contributed by atoms with E-state index in [4.69, 9.17) is 16.3 Å². The van der Waals surface area contributed by atoms with Crippen molar-refractivity contribution in [3.05, 3.63) is 22.5 Å². The fraction of sp³-hybridized carbons (Fsp3) is 0.200. The minimum Gasteiger partial charge on any atom is -0.496 e. The van der Waals surface area contributed by atoms with E-state index in [1.54, 1.807) is 30.2 Å². The van der Waals surface area contributed by atoms with Gasteiger partial charge in [-0.1, -0.05) is 11.6 Å². The fourth-order valence-corrected chi connectivity index (χ4v) is 3.30. The van der Waals surface area contributed by atoms with Crippen LogP contribution in [0.4, 0.5) is 0 Å². The molecular formula is C10H9ClOS2. The zero-order valence-corrected chi connectivity index (χ0v) is 10.2. The summed E-state index contributed by atoms with van der Waals surface area (Å²) in [4.78, 5) is 1.07. The Bertz CT molecular complexity index is 464. The molecule has 0 N–H and O–H groups in total. The number of methoxy groups -OCH3 is 1. The number of hydrogen-bond acceptors (Lipinski definition) is 3. The van der Waals surface area contributed by atoms with Crippen LogP contribution in [0, 0.1) is 0 Å². The molecule has 2 rings (SSSR count). The Balaban J connectivity index is 2.80. The van der Waals surface area contributed by atoms with Crippen molar-refractivity contribution in [2.75, 3.05) is 13.4 Å². The van der Waals surface area contributed by atoms with Crippen LogP contribution in [0.1, 0.15) is 0 Å². The van der Waals surface area contributed by atoms with Gasteiger partial charge in [0, 0.05) is 10.3 Å². The summed E-state index contributed by atoms with van der Waals surface area (Å²) < 4.78 is 6.42. The third-order valence-electron chi connectivity index (χ3n) is 2.05. The molecule has 4 heteroatoms. The van der Waals surface area contributed by atoms with Crippen LogP contribution in [-0.2, 0) is 0 Å². The Morgan fingerprint density at radius 3 is 2.93 bits per heavy atom. The maximum Gasteiger partial charge on any atom is 0.128 e. The molecule has 2 aromatic rings. The Kier molecular flexibility index (Phi) is 2.91. The lowest BCUT2D eigenvalue weighted by molar-refractivity contribution is 0.419. The minimum absolute atomic E-state index is 0.836. The van der Waals surface area contributed by atoms with Crippen molar-refractivity contribution < 1.29 is 4.74 Å². The highest BCUT2D eigenvalue weighted by molar-refractivity contribution is 7.98. The minimum atomic E-state index is 0.836. The molecule has 1 nitrogen and oxygen atoms in total. The molecule has 0 aliphatic rings. The first-order valence-corrected chi connectivity index (χ1v) is 6.54. The second-order valence-electron chi connectivity index (χ2n) is 2.76.